The first-order chi connectivity index (χ1) is 10.2. The van der Waals surface area contributed by atoms with Crippen molar-refractivity contribution in [3.05, 3.63) is 41.7 Å². The summed E-state index contributed by atoms with van der Waals surface area (Å²) in [5.74, 6) is -0.300. The Morgan fingerprint density at radius 1 is 1.29 bits per heavy atom. The van der Waals surface area contributed by atoms with Gasteiger partial charge >= 0.3 is 5.97 Å². The van der Waals surface area contributed by atoms with Gasteiger partial charge in [-0.2, -0.15) is 5.10 Å². The molecule has 0 atom stereocenters. The highest BCUT2D eigenvalue weighted by Crippen LogP contribution is 2.27. The van der Waals surface area contributed by atoms with Crippen LogP contribution < -0.4 is 0 Å². The van der Waals surface area contributed by atoms with E-state index in [4.69, 9.17) is 5.11 Å². The third kappa shape index (κ3) is 3.34. The molecule has 6 heteroatoms. The van der Waals surface area contributed by atoms with E-state index in [1.807, 2.05) is 23.2 Å². The molecule has 0 unspecified atom stereocenters. The number of aromatic nitrogens is 4. The molecule has 0 radical (unpaired) electrons. The lowest BCUT2D eigenvalue weighted by Gasteiger charge is -2.24. The number of carbonyl (C=O) groups is 1. The van der Waals surface area contributed by atoms with Crippen LogP contribution >= 0.6 is 0 Å². The van der Waals surface area contributed by atoms with E-state index < -0.39 is 5.97 Å². The summed E-state index contributed by atoms with van der Waals surface area (Å²) in [6.45, 7) is 0.987. The van der Waals surface area contributed by atoms with Gasteiger partial charge in [0.15, 0.2) is 5.69 Å². The Morgan fingerprint density at radius 2 is 2.14 bits per heavy atom. The predicted octanol–water partition coefficient (Wildman–Crippen LogP) is 2.34. The molecule has 0 bridgehead atoms. The normalized spacial score (nSPS) is 15.2. The largest absolute Gasteiger partial charge is 0.476 e. The van der Waals surface area contributed by atoms with E-state index in [2.05, 4.69) is 15.1 Å². The molecular weight excluding hydrogens is 268 g/mol. The molecule has 2 aromatic rings. The van der Waals surface area contributed by atoms with Gasteiger partial charge in [0.1, 0.15) is 0 Å². The van der Waals surface area contributed by atoms with Crippen LogP contribution in [0.4, 0.5) is 0 Å². The van der Waals surface area contributed by atoms with Gasteiger partial charge in [0, 0.05) is 18.3 Å². The van der Waals surface area contributed by atoms with Gasteiger partial charge in [-0.1, -0.05) is 6.42 Å². The lowest BCUT2D eigenvalue weighted by atomic mass is 9.85. The van der Waals surface area contributed by atoms with Crippen LogP contribution in [0.1, 0.15) is 41.0 Å². The van der Waals surface area contributed by atoms with Crippen LogP contribution in [0.5, 0.6) is 0 Å². The van der Waals surface area contributed by atoms with Crippen molar-refractivity contribution in [3.8, 4) is 0 Å². The van der Waals surface area contributed by atoms with Crippen molar-refractivity contribution in [1.82, 2.24) is 19.7 Å². The zero-order valence-corrected chi connectivity index (χ0v) is 11.5. The van der Waals surface area contributed by atoms with E-state index in [0.717, 1.165) is 18.0 Å². The molecule has 0 amide bonds. The highest BCUT2D eigenvalue weighted by atomic mass is 16.4. The summed E-state index contributed by atoms with van der Waals surface area (Å²) in [4.78, 5) is 18.5. The average Bonchev–Trinajstić information content (AvgIpc) is 2.89. The first-order valence-corrected chi connectivity index (χ1v) is 6.96. The van der Waals surface area contributed by atoms with Crippen LogP contribution in [0.3, 0.4) is 0 Å². The molecule has 2 heterocycles. The number of nitrogens with zero attached hydrogens (tertiary/aromatic N) is 4. The van der Waals surface area contributed by atoms with Crippen molar-refractivity contribution in [1.29, 1.82) is 0 Å². The molecule has 0 aliphatic heterocycles. The molecule has 0 aromatic carbocycles. The molecule has 2 aromatic heterocycles. The first kappa shape index (κ1) is 13.5. The Bertz CT molecular complexity index is 657. The molecule has 1 saturated carbocycles. The monoisotopic (exact) mass is 284 g/mol. The molecule has 0 spiro atoms. The van der Waals surface area contributed by atoms with Crippen molar-refractivity contribution in [2.24, 2.45) is 5.92 Å². The van der Waals surface area contributed by atoms with Crippen molar-refractivity contribution in [2.75, 3.05) is 0 Å². The summed E-state index contributed by atoms with van der Waals surface area (Å²) >= 11 is 0. The molecule has 108 valence electrons. The summed E-state index contributed by atoms with van der Waals surface area (Å²) in [6, 6.07) is 0. The third-order valence-corrected chi connectivity index (χ3v) is 3.66. The molecule has 1 fully saturated rings. The molecule has 6 nitrogen and oxygen atoms in total. The number of carboxylic acids is 1. The van der Waals surface area contributed by atoms with Gasteiger partial charge in [-0.3, -0.25) is 9.67 Å². The van der Waals surface area contributed by atoms with Crippen LogP contribution in [0.15, 0.2) is 24.8 Å². The smallest absolute Gasteiger partial charge is 0.356 e. The van der Waals surface area contributed by atoms with Crippen LogP contribution in [0, 0.1) is 5.92 Å². The summed E-state index contributed by atoms with van der Waals surface area (Å²) in [5.41, 5.74) is 1.56. The van der Waals surface area contributed by atoms with Gasteiger partial charge in [0.2, 0.25) is 0 Å². The summed E-state index contributed by atoms with van der Waals surface area (Å²) < 4.78 is 1.97. The first-order valence-electron chi connectivity index (χ1n) is 6.96. The number of aromatic carboxylic acids is 1. The lowest BCUT2D eigenvalue weighted by Crippen LogP contribution is -2.18. The Kier molecular flexibility index (Phi) is 3.77. The fraction of sp³-hybridized carbons (Fsp3) is 0.333. The minimum absolute atomic E-state index is 0.0551. The van der Waals surface area contributed by atoms with Gasteiger partial charge in [-0.15, -0.1) is 0 Å². The molecule has 21 heavy (non-hydrogen) atoms. The van der Waals surface area contributed by atoms with Crippen LogP contribution in [0.2, 0.25) is 0 Å². The number of hydrogen-bond acceptors (Lipinski definition) is 4. The molecule has 1 N–H and O–H groups in total. The van der Waals surface area contributed by atoms with E-state index in [9.17, 15) is 4.79 Å². The molecular formula is C15H16N4O2. The average molecular weight is 284 g/mol. The van der Waals surface area contributed by atoms with Gasteiger partial charge in [-0.05, 0) is 30.9 Å². The topological polar surface area (TPSA) is 80.9 Å². The second-order valence-corrected chi connectivity index (χ2v) is 5.26. The Hall–Kier alpha value is -2.50. The number of carboxylic acid groups (broad SMARTS) is 1. The summed E-state index contributed by atoms with van der Waals surface area (Å²) in [7, 11) is 0. The van der Waals surface area contributed by atoms with Crippen molar-refractivity contribution >= 4 is 18.1 Å². The summed E-state index contributed by atoms with van der Waals surface area (Å²) in [6.07, 6.45) is 14.2. The van der Waals surface area contributed by atoms with Crippen molar-refractivity contribution < 1.29 is 9.90 Å². The Morgan fingerprint density at radius 3 is 2.76 bits per heavy atom. The maximum absolute atomic E-state index is 10.7. The van der Waals surface area contributed by atoms with Crippen LogP contribution in [0.25, 0.3) is 12.2 Å². The number of rotatable bonds is 5. The zero-order chi connectivity index (χ0) is 14.7. The lowest BCUT2D eigenvalue weighted by molar-refractivity contribution is 0.0690. The zero-order valence-electron chi connectivity index (χ0n) is 11.5. The van der Waals surface area contributed by atoms with E-state index >= 15 is 0 Å². The van der Waals surface area contributed by atoms with Crippen molar-refractivity contribution in [2.45, 2.75) is 25.8 Å². The molecule has 0 saturated heterocycles. The van der Waals surface area contributed by atoms with Crippen LogP contribution in [-0.2, 0) is 6.54 Å². The van der Waals surface area contributed by atoms with Gasteiger partial charge < -0.3 is 5.11 Å². The van der Waals surface area contributed by atoms with E-state index in [-0.39, 0.29) is 5.69 Å². The third-order valence-electron chi connectivity index (χ3n) is 3.66. The second-order valence-electron chi connectivity index (χ2n) is 5.26. The van der Waals surface area contributed by atoms with E-state index in [1.165, 1.54) is 31.7 Å². The molecule has 3 rings (SSSR count). The molecule has 1 aliphatic rings. The maximum Gasteiger partial charge on any atom is 0.356 e. The van der Waals surface area contributed by atoms with Crippen molar-refractivity contribution in [3.63, 3.8) is 0 Å². The SMILES string of the molecule is O=C(O)c1cnc(/C=C/c2cnn(CC3CCC3)c2)cn1. The summed E-state index contributed by atoms with van der Waals surface area (Å²) in [5, 5.41) is 13.1. The Balaban J connectivity index is 1.63. The standard InChI is InChI=1S/C15H16N4O2/c20-15(21)14-8-16-13(7-17-14)5-4-12-6-18-19(10-12)9-11-2-1-3-11/h4-8,10-11H,1-3,9H2,(H,20,21)/b5-4+. The van der Waals surface area contributed by atoms with E-state index in [1.54, 1.807) is 6.08 Å². The minimum atomic E-state index is -1.07. The maximum atomic E-state index is 10.7. The highest BCUT2D eigenvalue weighted by molar-refractivity contribution is 5.84. The molecule has 1 aliphatic carbocycles. The second kappa shape index (κ2) is 5.87. The highest BCUT2D eigenvalue weighted by Gasteiger charge is 2.17. The fourth-order valence-electron chi connectivity index (χ4n) is 2.22. The Labute approximate surface area is 122 Å². The predicted molar refractivity (Wildman–Crippen MR) is 77.5 cm³/mol. The fourth-order valence-corrected chi connectivity index (χ4v) is 2.22. The van der Waals surface area contributed by atoms with Gasteiger partial charge in [-0.25, -0.2) is 9.78 Å². The van der Waals surface area contributed by atoms with Gasteiger partial charge in [0.25, 0.3) is 0 Å². The van der Waals surface area contributed by atoms with Gasteiger partial charge in [0.05, 0.1) is 24.3 Å². The van der Waals surface area contributed by atoms with Crippen LogP contribution in [-0.4, -0.2) is 30.8 Å². The van der Waals surface area contributed by atoms with E-state index in [0.29, 0.717) is 5.69 Å². The number of hydrogen-bond donors (Lipinski definition) is 1. The quantitative estimate of drug-likeness (QED) is 0.911. The minimum Gasteiger partial charge on any atom is -0.476 e.